The number of aryl methyl sites for hydroxylation is 2. The van der Waals surface area contributed by atoms with Crippen molar-refractivity contribution in [1.82, 2.24) is 19.3 Å². The van der Waals surface area contributed by atoms with Gasteiger partial charge in [-0.05, 0) is 31.2 Å². The van der Waals surface area contributed by atoms with E-state index < -0.39 is 10.8 Å². The second-order valence-electron chi connectivity index (χ2n) is 6.30. The largest absolute Gasteiger partial charge is 0.311 e. The van der Waals surface area contributed by atoms with Crippen molar-refractivity contribution in [3.63, 3.8) is 0 Å². The summed E-state index contributed by atoms with van der Waals surface area (Å²) in [5.74, 6) is 0.627. The van der Waals surface area contributed by atoms with Crippen molar-refractivity contribution in [3.05, 3.63) is 76.0 Å². The zero-order chi connectivity index (χ0) is 19.8. The molecule has 0 saturated carbocycles. The number of amides is 1. The van der Waals surface area contributed by atoms with Crippen molar-refractivity contribution in [2.24, 2.45) is 7.05 Å². The first-order chi connectivity index (χ1) is 13.4. The van der Waals surface area contributed by atoms with Crippen molar-refractivity contribution in [3.8, 4) is 5.95 Å². The summed E-state index contributed by atoms with van der Waals surface area (Å²) in [4.78, 5) is 27.5. The lowest BCUT2D eigenvalue weighted by Crippen LogP contribution is -2.16. The Morgan fingerprint density at radius 1 is 1.14 bits per heavy atom. The molecule has 0 radical (unpaired) electrons. The lowest BCUT2D eigenvalue weighted by molar-refractivity contribution is -0.384. The zero-order valence-corrected chi connectivity index (χ0v) is 15.2. The predicted octanol–water partition coefficient (Wildman–Crippen LogP) is 3.23. The lowest BCUT2D eigenvalue weighted by atomic mass is 10.2. The quantitative estimate of drug-likeness (QED) is 0.434. The first-order valence-corrected chi connectivity index (χ1v) is 8.48. The van der Waals surface area contributed by atoms with Gasteiger partial charge in [0.25, 0.3) is 11.6 Å². The maximum atomic E-state index is 12.6. The number of carbonyl (C=O) groups is 1. The van der Waals surface area contributed by atoms with Crippen molar-refractivity contribution >= 4 is 28.4 Å². The number of carbonyl (C=O) groups excluding carboxylic acids is 1. The molecule has 0 saturated heterocycles. The number of rotatable bonds is 4. The molecule has 2 aromatic carbocycles. The minimum atomic E-state index is -0.508. The van der Waals surface area contributed by atoms with Gasteiger partial charge in [-0.25, -0.2) is 4.98 Å². The number of nitro groups is 1. The second-order valence-corrected chi connectivity index (χ2v) is 6.30. The first kappa shape index (κ1) is 17.4. The number of fused-ring (bicyclic) bond motifs is 1. The third kappa shape index (κ3) is 2.98. The van der Waals surface area contributed by atoms with Crippen LogP contribution in [0.15, 0.2) is 54.6 Å². The summed E-state index contributed by atoms with van der Waals surface area (Å²) >= 11 is 0. The van der Waals surface area contributed by atoms with Gasteiger partial charge in [-0.3, -0.25) is 14.9 Å². The molecule has 0 fully saturated rings. The van der Waals surface area contributed by atoms with Gasteiger partial charge >= 0.3 is 0 Å². The molecule has 4 aromatic rings. The van der Waals surface area contributed by atoms with E-state index in [9.17, 15) is 14.9 Å². The number of anilines is 1. The van der Waals surface area contributed by atoms with E-state index in [0.29, 0.717) is 23.0 Å². The number of non-ortho nitro benzene ring substituents is 1. The Morgan fingerprint density at radius 3 is 2.54 bits per heavy atom. The highest BCUT2D eigenvalue weighted by atomic mass is 16.6. The molecule has 0 aliphatic carbocycles. The van der Waals surface area contributed by atoms with Crippen LogP contribution in [-0.2, 0) is 7.05 Å². The van der Waals surface area contributed by atoms with Gasteiger partial charge < -0.3 is 9.88 Å². The number of imidazole rings is 1. The summed E-state index contributed by atoms with van der Waals surface area (Å²) in [5, 5.41) is 18.0. The van der Waals surface area contributed by atoms with Gasteiger partial charge in [0.2, 0.25) is 5.95 Å². The van der Waals surface area contributed by atoms with Gasteiger partial charge in [-0.1, -0.05) is 12.1 Å². The third-order valence-corrected chi connectivity index (χ3v) is 4.37. The number of para-hydroxylation sites is 2. The lowest BCUT2D eigenvalue weighted by Gasteiger charge is -2.08. The smallest absolute Gasteiger partial charge is 0.269 e. The van der Waals surface area contributed by atoms with Crippen molar-refractivity contribution in [2.45, 2.75) is 6.92 Å². The van der Waals surface area contributed by atoms with Gasteiger partial charge in [-0.15, -0.1) is 0 Å². The zero-order valence-electron chi connectivity index (χ0n) is 15.2. The Labute approximate surface area is 159 Å². The Balaban J connectivity index is 1.68. The van der Waals surface area contributed by atoms with Crippen LogP contribution in [0.3, 0.4) is 0 Å². The molecule has 28 heavy (non-hydrogen) atoms. The van der Waals surface area contributed by atoms with Crippen LogP contribution in [0.2, 0.25) is 0 Å². The molecule has 140 valence electrons. The molecule has 0 spiro atoms. The molecule has 9 heteroatoms. The number of nitrogens with one attached hydrogen (secondary N) is 1. The van der Waals surface area contributed by atoms with Crippen LogP contribution in [0.5, 0.6) is 0 Å². The average Bonchev–Trinajstić information content (AvgIpc) is 3.21. The minimum Gasteiger partial charge on any atom is -0.311 e. The predicted molar refractivity (Wildman–Crippen MR) is 104 cm³/mol. The normalized spacial score (nSPS) is 10.9. The monoisotopic (exact) mass is 376 g/mol. The molecule has 0 atom stereocenters. The highest BCUT2D eigenvalue weighted by Crippen LogP contribution is 2.22. The molecule has 0 bridgehead atoms. The maximum Gasteiger partial charge on any atom is 0.269 e. The summed E-state index contributed by atoms with van der Waals surface area (Å²) in [6.07, 6.45) is 0. The van der Waals surface area contributed by atoms with E-state index in [4.69, 9.17) is 0 Å². The summed E-state index contributed by atoms with van der Waals surface area (Å²) in [6.45, 7) is 1.82. The van der Waals surface area contributed by atoms with Crippen LogP contribution < -0.4 is 5.32 Å². The highest BCUT2D eigenvalue weighted by molar-refractivity contribution is 6.04. The van der Waals surface area contributed by atoms with Gasteiger partial charge in [0.05, 0.1) is 21.7 Å². The summed E-state index contributed by atoms with van der Waals surface area (Å²) < 4.78 is 3.46. The molecule has 4 rings (SSSR count). The number of benzene rings is 2. The molecular weight excluding hydrogens is 360 g/mol. The molecule has 2 heterocycles. The molecule has 2 aromatic heterocycles. The van der Waals surface area contributed by atoms with E-state index >= 15 is 0 Å². The molecule has 0 unspecified atom stereocenters. The highest BCUT2D eigenvalue weighted by Gasteiger charge is 2.17. The minimum absolute atomic E-state index is 0.0721. The summed E-state index contributed by atoms with van der Waals surface area (Å²) in [6, 6.07) is 14.9. The van der Waals surface area contributed by atoms with Gasteiger partial charge in [0.1, 0.15) is 5.82 Å². The van der Waals surface area contributed by atoms with Gasteiger partial charge in [0.15, 0.2) is 0 Å². The van der Waals surface area contributed by atoms with Crippen LogP contribution in [0.1, 0.15) is 16.1 Å². The van der Waals surface area contributed by atoms with Crippen molar-refractivity contribution in [1.29, 1.82) is 0 Å². The number of hydrogen-bond acceptors (Lipinski definition) is 5. The number of aromatic nitrogens is 4. The fourth-order valence-corrected chi connectivity index (χ4v) is 2.99. The van der Waals surface area contributed by atoms with E-state index in [2.05, 4.69) is 15.4 Å². The number of hydrogen-bond donors (Lipinski definition) is 1. The first-order valence-electron chi connectivity index (χ1n) is 8.48. The van der Waals surface area contributed by atoms with E-state index in [0.717, 1.165) is 11.0 Å². The van der Waals surface area contributed by atoms with Gasteiger partial charge in [0, 0.05) is 30.8 Å². The van der Waals surface area contributed by atoms with Crippen LogP contribution in [0, 0.1) is 17.0 Å². The molecule has 9 nitrogen and oxygen atoms in total. The summed E-state index contributed by atoms with van der Waals surface area (Å²) in [7, 11) is 1.88. The van der Waals surface area contributed by atoms with E-state index in [-0.39, 0.29) is 5.69 Å². The van der Waals surface area contributed by atoms with E-state index in [1.807, 2.05) is 42.8 Å². The fraction of sp³-hybridized carbons (Fsp3) is 0.105. The average molecular weight is 376 g/mol. The fourth-order valence-electron chi connectivity index (χ4n) is 2.99. The third-order valence-electron chi connectivity index (χ3n) is 4.37. The SMILES string of the molecule is Cc1cc(NC(=O)c2ccc([N+](=O)[O-])cc2)n(-c2nc3ccccc3n2C)n1. The van der Waals surface area contributed by atoms with Gasteiger partial charge in [-0.2, -0.15) is 9.78 Å². The van der Waals surface area contributed by atoms with E-state index in [1.165, 1.54) is 24.3 Å². The van der Waals surface area contributed by atoms with Crippen LogP contribution in [0.25, 0.3) is 17.0 Å². The molecule has 0 aliphatic heterocycles. The number of nitro benzene ring substituents is 1. The number of nitrogens with zero attached hydrogens (tertiary/aromatic N) is 5. The molecular formula is C19H16N6O3. The second kappa shape index (κ2) is 6.62. The topological polar surface area (TPSA) is 108 Å². The molecule has 1 N–H and O–H groups in total. The molecule has 0 aliphatic rings. The maximum absolute atomic E-state index is 12.6. The Morgan fingerprint density at radius 2 is 1.86 bits per heavy atom. The van der Waals surface area contributed by atoms with Crippen LogP contribution >= 0.6 is 0 Å². The molecule has 1 amide bonds. The Kier molecular flexibility index (Phi) is 4.11. The van der Waals surface area contributed by atoms with Crippen LogP contribution in [-0.4, -0.2) is 30.2 Å². The van der Waals surface area contributed by atoms with Crippen LogP contribution in [0.4, 0.5) is 11.5 Å². The van der Waals surface area contributed by atoms with Crippen molar-refractivity contribution in [2.75, 3.05) is 5.32 Å². The Bertz CT molecular complexity index is 1210. The Hall–Kier alpha value is -4.01. The summed E-state index contributed by atoms with van der Waals surface area (Å²) in [5.41, 5.74) is 2.71. The standard InChI is InChI=1S/C19H16N6O3/c1-12-11-17(21-18(26)13-7-9-14(10-8-13)25(27)28)24(22-12)19-20-15-5-3-4-6-16(15)23(19)2/h3-11H,1-2H3,(H,21,26). The van der Waals surface area contributed by atoms with Crippen molar-refractivity contribution < 1.29 is 9.72 Å². The van der Waals surface area contributed by atoms with E-state index in [1.54, 1.807) is 10.7 Å².